The fourth-order valence-corrected chi connectivity index (χ4v) is 5.35. The number of likely N-dealkylation sites (tertiary alicyclic amines) is 1. The maximum absolute atomic E-state index is 9.03. The van der Waals surface area contributed by atoms with Crippen molar-refractivity contribution in [1.82, 2.24) is 9.88 Å². The minimum atomic E-state index is 0.0359. The zero-order valence-corrected chi connectivity index (χ0v) is 20.4. The fraction of sp³-hybridized carbons (Fsp3) is 0.679. The van der Waals surface area contributed by atoms with Crippen LogP contribution in [-0.4, -0.2) is 47.8 Å². The molecule has 0 radical (unpaired) electrons. The standard InChI is InChI=1S/C28H44N2O2/c1-3-5-6-7-8-17-30-18-15-24(23(4-2)22-30)10-9-11-25-14-16-29-28-13-12-26(21-27(25)28)32-20-19-31/h12-14,16,21,23-24,31H,3-11,15,17-20,22H2,1-2H3/t23-,24+/m0/s1. The second kappa shape index (κ2) is 13.8. The van der Waals surface area contributed by atoms with Gasteiger partial charge in [0, 0.05) is 18.1 Å². The summed E-state index contributed by atoms with van der Waals surface area (Å²) < 4.78 is 5.62. The molecule has 2 heterocycles. The number of hydrogen-bond donors (Lipinski definition) is 1. The topological polar surface area (TPSA) is 45.6 Å². The van der Waals surface area contributed by atoms with Gasteiger partial charge in [0.1, 0.15) is 12.4 Å². The molecule has 1 aliphatic rings. The average molecular weight is 441 g/mol. The van der Waals surface area contributed by atoms with Crippen LogP contribution in [0.4, 0.5) is 0 Å². The molecule has 4 heteroatoms. The van der Waals surface area contributed by atoms with Gasteiger partial charge < -0.3 is 14.7 Å². The van der Waals surface area contributed by atoms with Gasteiger partial charge in [-0.3, -0.25) is 4.98 Å². The lowest BCUT2D eigenvalue weighted by atomic mass is 9.80. The molecule has 2 aromatic rings. The Kier molecular flexibility index (Phi) is 10.8. The molecule has 1 aromatic carbocycles. The van der Waals surface area contributed by atoms with E-state index in [9.17, 15) is 0 Å². The third kappa shape index (κ3) is 7.45. The molecule has 0 spiro atoms. The van der Waals surface area contributed by atoms with E-state index in [-0.39, 0.29) is 6.61 Å². The van der Waals surface area contributed by atoms with Crippen LogP contribution in [0.2, 0.25) is 0 Å². The number of benzene rings is 1. The van der Waals surface area contributed by atoms with Crippen LogP contribution >= 0.6 is 0 Å². The zero-order valence-electron chi connectivity index (χ0n) is 20.4. The zero-order chi connectivity index (χ0) is 22.6. The van der Waals surface area contributed by atoms with Crippen molar-refractivity contribution in [3.05, 3.63) is 36.0 Å². The van der Waals surface area contributed by atoms with Crippen molar-refractivity contribution in [3.8, 4) is 5.75 Å². The number of aromatic nitrogens is 1. The second-order valence-corrected chi connectivity index (χ2v) is 9.55. The van der Waals surface area contributed by atoms with Gasteiger partial charge in [0.2, 0.25) is 0 Å². The van der Waals surface area contributed by atoms with E-state index in [1.54, 1.807) is 0 Å². The van der Waals surface area contributed by atoms with E-state index in [1.165, 1.54) is 88.4 Å². The molecule has 2 atom stereocenters. The molecule has 32 heavy (non-hydrogen) atoms. The fourth-order valence-electron chi connectivity index (χ4n) is 5.35. The quantitative estimate of drug-likeness (QED) is 0.353. The predicted molar refractivity (Wildman–Crippen MR) is 134 cm³/mol. The number of piperidine rings is 1. The van der Waals surface area contributed by atoms with Gasteiger partial charge in [0.05, 0.1) is 12.1 Å². The maximum Gasteiger partial charge on any atom is 0.120 e. The molecule has 0 unspecified atom stereocenters. The van der Waals surface area contributed by atoms with Gasteiger partial charge in [-0.2, -0.15) is 0 Å². The average Bonchev–Trinajstić information content (AvgIpc) is 2.83. The van der Waals surface area contributed by atoms with E-state index in [2.05, 4.69) is 35.9 Å². The first-order chi connectivity index (χ1) is 15.7. The Balaban J connectivity index is 1.49. The minimum absolute atomic E-state index is 0.0359. The van der Waals surface area contributed by atoms with E-state index in [4.69, 9.17) is 9.84 Å². The summed E-state index contributed by atoms with van der Waals surface area (Å²) in [5, 5.41) is 10.2. The summed E-state index contributed by atoms with van der Waals surface area (Å²) in [5.74, 6) is 2.54. The Morgan fingerprint density at radius 3 is 2.75 bits per heavy atom. The first-order valence-corrected chi connectivity index (χ1v) is 13.1. The second-order valence-electron chi connectivity index (χ2n) is 9.55. The van der Waals surface area contributed by atoms with Gasteiger partial charge >= 0.3 is 0 Å². The first-order valence-electron chi connectivity index (χ1n) is 13.1. The molecule has 3 rings (SSSR count). The Morgan fingerprint density at radius 1 is 1.06 bits per heavy atom. The molecular formula is C28H44N2O2. The van der Waals surface area contributed by atoms with Crippen LogP contribution in [0.15, 0.2) is 30.5 Å². The number of nitrogens with zero attached hydrogens (tertiary/aromatic N) is 2. The number of aliphatic hydroxyl groups excluding tert-OH is 1. The van der Waals surface area contributed by atoms with Gasteiger partial charge in [0.25, 0.3) is 0 Å². The number of fused-ring (bicyclic) bond motifs is 1. The number of pyridine rings is 1. The lowest BCUT2D eigenvalue weighted by Crippen LogP contribution is -2.40. The smallest absolute Gasteiger partial charge is 0.120 e. The molecule has 1 fully saturated rings. The van der Waals surface area contributed by atoms with Crippen LogP contribution in [0.25, 0.3) is 10.9 Å². The third-order valence-corrected chi connectivity index (χ3v) is 7.26. The van der Waals surface area contributed by atoms with Crippen LogP contribution in [0.3, 0.4) is 0 Å². The minimum Gasteiger partial charge on any atom is -0.491 e. The van der Waals surface area contributed by atoms with Crippen molar-refractivity contribution < 1.29 is 9.84 Å². The summed E-state index contributed by atoms with van der Waals surface area (Å²) >= 11 is 0. The van der Waals surface area contributed by atoms with Crippen molar-refractivity contribution >= 4 is 10.9 Å². The molecule has 0 amide bonds. The highest BCUT2D eigenvalue weighted by molar-refractivity contribution is 5.83. The van der Waals surface area contributed by atoms with E-state index in [0.717, 1.165) is 29.5 Å². The summed E-state index contributed by atoms with van der Waals surface area (Å²) in [6, 6.07) is 8.21. The predicted octanol–water partition coefficient (Wildman–Crippen LogP) is 6.25. The highest BCUT2D eigenvalue weighted by Crippen LogP contribution is 2.31. The van der Waals surface area contributed by atoms with Crippen molar-refractivity contribution in [2.24, 2.45) is 11.8 Å². The Bertz CT molecular complexity index is 794. The number of aryl methyl sites for hydroxylation is 1. The summed E-state index contributed by atoms with van der Waals surface area (Å²) in [6.45, 7) is 8.94. The van der Waals surface area contributed by atoms with Crippen LogP contribution in [0.1, 0.15) is 77.2 Å². The van der Waals surface area contributed by atoms with E-state index in [1.807, 2.05) is 18.3 Å². The highest BCUT2D eigenvalue weighted by atomic mass is 16.5. The molecule has 0 bridgehead atoms. The number of unbranched alkanes of at least 4 members (excludes halogenated alkanes) is 4. The van der Waals surface area contributed by atoms with Gasteiger partial charge in [-0.1, -0.05) is 46.0 Å². The van der Waals surface area contributed by atoms with Gasteiger partial charge in [0.15, 0.2) is 0 Å². The summed E-state index contributed by atoms with van der Waals surface area (Å²) in [6.07, 6.45) is 15.2. The van der Waals surface area contributed by atoms with Crippen molar-refractivity contribution in [2.45, 2.75) is 78.1 Å². The number of ether oxygens (including phenoxy) is 1. The third-order valence-electron chi connectivity index (χ3n) is 7.26. The normalized spacial score (nSPS) is 19.5. The summed E-state index contributed by atoms with van der Waals surface area (Å²) in [5.41, 5.74) is 2.39. The Labute approximate surface area is 195 Å². The largest absolute Gasteiger partial charge is 0.491 e. The molecule has 178 valence electrons. The maximum atomic E-state index is 9.03. The van der Waals surface area contributed by atoms with Gasteiger partial charge in [-0.05, 0) is 86.9 Å². The monoisotopic (exact) mass is 440 g/mol. The molecule has 1 N–H and O–H groups in total. The van der Waals surface area contributed by atoms with Gasteiger partial charge in [-0.25, -0.2) is 0 Å². The van der Waals surface area contributed by atoms with E-state index < -0.39 is 0 Å². The first kappa shape index (κ1) is 25.0. The Hall–Kier alpha value is -1.65. The Morgan fingerprint density at radius 2 is 1.94 bits per heavy atom. The van der Waals surface area contributed by atoms with Crippen LogP contribution in [0.5, 0.6) is 5.75 Å². The van der Waals surface area contributed by atoms with Crippen molar-refractivity contribution in [3.63, 3.8) is 0 Å². The van der Waals surface area contributed by atoms with E-state index >= 15 is 0 Å². The molecule has 4 nitrogen and oxygen atoms in total. The lowest BCUT2D eigenvalue weighted by molar-refractivity contribution is 0.108. The number of rotatable bonds is 14. The molecule has 0 saturated carbocycles. The van der Waals surface area contributed by atoms with Crippen molar-refractivity contribution in [2.75, 3.05) is 32.8 Å². The highest BCUT2D eigenvalue weighted by Gasteiger charge is 2.27. The number of hydrogen-bond acceptors (Lipinski definition) is 4. The molecule has 1 aliphatic heterocycles. The lowest BCUT2D eigenvalue weighted by Gasteiger charge is -2.38. The van der Waals surface area contributed by atoms with E-state index in [0.29, 0.717) is 6.61 Å². The SMILES string of the molecule is CCCCCCCN1CC[C@@H](CCCc2ccnc3ccc(OCCO)cc23)[C@@H](CC)C1. The molecule has 1 aromatic heterocycles. The van der Waals surface area contributed by atoms with Crippen molar-refractivity contribution in [1.29, 1.82) is 0 Å². The number of aliphatic hydroxyl groups is 1. The van der Waals surface area contributed by atoms with Crippen LogP contribution in [-0.2, 0) is 6.42 Å². The molecule has 1 saturated heterocycles. The van der Waals surface area contributed by atoms with Gasteiger partial charge in [-0.15, -0.1) is 0 Å². The molecule has 0 aliphatic carbocycles. The summed E-state index contributed by atoms with van der Waals surface area (Å²) in [7, 11) is 0. The van der Waals surface area contributed by atoms with Crippen LogP contribution in [0, 0.1) is 11.8 Å². The summed E-state index contributed by atoms with van der Waals surface area (Å²) in [4.78, 5) is 7.26. The van der Waals surface area contributed by atoms with Crippen LogP contribution < -0.4 is 4.74 Å². The molecular weight excluding hydrogens is 396 g/mol.